The number of rotatable bonds is 8. The highest BCUT2D eigenvalue weighted by Crippen LogP contribution is 2.35. The van der Waals surface area contributed by atoms with Gasteiger partial charge in [-0.25, -0.2) is 9.78 Å². The lowest BCUT2D eigenvalue weighted by molar-refractivity contribution is 0.102. The van der Waals surface area contributed by atoms with Gasteiger partial charge in [0.05, 0.1) is 5.75 Å². The molecule has 0 saturated heterocycles. The number of aromatic amines is 1. The van der Waals surface area contributed by atoms with E-state index in [1.165, 1.54) is 4.57 Å². The summed E-state index contributed by atoms with van der Waals surface area (Å²) in [5, 5.41) is 0.288. The number of nitrogens with one attached hydrogen (secondary N) is 1. The first-order valence-corrected chi connectivity index (χ1v) is 11.7. The van der Waals surface area contributed by atoms with Crippen molar-refractivity contribution in [3.63, 3.8) is 0 Å². The number of nitrogen functional groups attached to an aromatic ring is 1. The predicted molar refractivity (Wildman–Crippen MR) is 133 cm³/mol. The third kappa shape index (κ3) is 4.89. The molecule has 3 N–H and O–H groups in total. The summed E-state index contributed by atoms with van der Waals surface area (Å²) in [7, 11) is 0. The summed E-state index contributed by atoms with van der Waals surface area (Å²) in [6.07, 6.45) is 0. The molecule has 0 radical (unpaired) electrons. The molecular formula is C25H24N4O4S. The van der Waals surface area contributed by atoms with Crippen LogP contribution in [0.3, 0.4) is 0 Å². The minimum absolute atomic E-state index is 0.100. The first-order valence-electron chi connectivity index (χ1n) is 10.8. The molecule has 0 amide bonds. The van der Waals surface area contributed by atoms with Gasteiger partial charge in [0.2, 0.25) is 0 Å². The molecule has 2 heterocycles. The van der Waals surface area contributed by atoms with Gasteiger partial charge in [-0.2, -0.15) is 0 Å². The largest absolute Gasteiger partial charge is 0.431 e. The molecule has 0 spiro atoms. The van der Waals surface area contributed by atoms with Gasteiger partial charge in [-0.15, -0.1) is 0 Å². The molecule has 0 aliphatic carbocycles. The number of nitrogens with zero attached hydrogens (tertiary/aromatic N) is 2. The van der Waals surface area contributed by atoms with Crippen LogP contribution in [0, 0.1) is 5.92 Å². The first-order chi connectivity index (χ1) is 16.3. The molecule has 0 aliphatic rings. The van der Waals surface area contributed by atoms with E-state index in [2.05, 4.69) is 9.97 Å². The minimum Gasteiger partial charge on any atom is -0.431 e. The summed E-state index contributed by atoms with van der Waals surface area (Å²) in [4.78, 5) is 44.2. The number of ketones is 1. The topological polar surface area (TPSA) is 124 Å². The van der Waals surface area contributed by atoms with Crippen molar-refractivity contribution in [1.82, 2.24) is 14.5 Å². The van der Waals surface area contributed by atoms with Crippen LogP contribution in [-0.2, 0) is 6.54 Å². The summed E-state index contributed by atoms with van der Waals surface area (Å²) >= 11 is 1.07. The number of carbonyl (C=O) groups excluding carboxylic acids is 1. The number of H-pyrrole nitrogens is 1. The molecule has 9 heteroatoms. The molecule has 2 aromatic carbocycles. The number of thioether (sulfide) groups is 1. The molecular weight excluding hydrogens is 452 g/mol. The van der Waals surface area contributed by atoms with E-state index in [1.807, 2.05) is 74.5 Å². The van der Waals surface area contributed by atoms with Gasteiger partial charge in [0.15, 0.2) is 11.5 Å². The quantitative estimate of drug-likeness (QED) is 0.290. The molecule has 0 fully saturated rings. The van der Waals surface area contributed by atoms with E-state index in [-0.39, 0.29) is 34.8 Å². The van der Waals surface area contributed by atoms with Gasteiger partial charge >= 0.3 is 5.69 Å². The molecule has 0 unspecified atom stereocenters. The van der Waals surface area contributed by atoms with Crippen LogP contribution in [0.2, 0.25) is 0 Å². The highest BCUT2D eigenvalue weighted by Gasteiger charge is 2.22. The van der Waals surface area contributed by atoms with Gasteiger partial charge in [0.25, 0.3) is 10.8 Å². The van der Waals surface area contributed by atoms with Gasteiger partial charge in [-0.3, -0.25) is 19.1 Å². The van der Waals surface area contributed by atoms with Crippen LogP contribution in [0.1, 0.15) is 24.2 Å². The fourth-order valence-electron chi connectivity index (χ4n) is 3.54. The maximum absolute atomic E-state index is 12.9. The Morgan fingerprint density at radius 2 is 1.68 bits per heavy atom. The Balaban J connectivity index is 1.64. The zero-order valence-corrected chi connectivity index (χ0v) is 19.6. The minimum atomic E-state index is -0.796. The Morgan fingerprint density at radius 3 is 2.29 bits per heavy atom. The molecule has 4 rings (SSSR count). The van der Waals surface area contributed by atoms with Crippen LogP contribution < -0.4 is 17.0 Å². The number of carbonyl (C=O) groups is 1. The van der Waals surface area contributed by atoms with Gasteiger partial charge in [0.1, 0.15) is 17.1 Å². The van der Waals surface area contributed by atoms with E-state index >= 15 is 0 Å². The lowest BCUT2D eigenvalue weighted by atomic mass is 10.1. The van der Waals surface area contributed by atoms with Crippen LogP contribution in [0.4, 0.5) is 5.82 Å². The summed E-state index contributed by atoms with van der Waals surface area (Å²) < 4.78 is 7.24. The second kappa shape index (κ2) is 9.96. The molecule has 174 valence electrons. The fourth-order valence-corrected chi connectivity index (χ4v) is 4.24. The Hall–Kier alpha value is -3.85. The second-order valence-corrected chi connectivity index (χ2v) is 9.05. The number of aromatic nitrogens is 3. The summed E-state index contributed by atoms with van der Waals surface area (Å²) in [6, 6.07) is 19.2. The van der Waals surface area contributed by atoms with E-state index in [1.54, 1.807) is 0 Å². The fraction of sp³-hybridized carbons (Fsp3) is 0.200. The molecule has 2 aromatic heterocycles. The SMILES string of the molecule is CC(C)Cn1c(N)c(C(=O)CSc2nc(-c3ccccc3)c(-c3ccccc3)o2)c(=O)[nH]c1=O. The third-order valence-electron chi connectivity index (χ3n) is 5.08. The molecule has 4 aromatic rings. The number of hydrogen-bond donors (Lipinski definition) is 2. The molecule has 8 nitrogen and oxygen atoms in total. The monoisotopic (exact) mass is 476 g/mol. The normalized spacial score (nSPS) is 11.1. The summed E-state index contributed by atoms with van der Waals surface area (Å²) in [6.45, 7) is 4.10. The van der Waals surface area contributed by atoms with Crippen LogP contribution in [0.25, 0.3) is 22.6 Å². The third-order valence-corrected chi connectivity index (χ3v) is 5.91. The van der Waals surface area contributed by atoms with Gasteiger partial charge in [-0.05, 0) is 5.92 Å². The number of Topliss-reactive ketones (excluding diaryl/α,β-unsaturated/α-hetero) is 1. The van der Waals surface area contributed by atoms with Crippen molar-refractivity contribution in [2.75, 3.05) is 11.5 Å². The van der Waals surface area contributed by atoms with Crippen molar-refractivity contribution < 1.29 is 9.21 Å². The zero-order valence-electron chi connectivity index (χ0n) is 18.8. The molecule has 34 heavy (non-hydrogen) atoms. The van der Waals surface area contributed by atoms with E-state index in [9.17, 15) is 14.4 Å². The zero-order chi connectivity index (χ0) is 24.2. The van der Waals surface area contributed by atoms with Gasteiger partial charge < -0.3 is 10.2 Å². The van der Waals surface area contributed by atoms with E-state index in [0.717, 1.165) is 22.9 Å². The standard InChI is InChI=1S/C25H24N4O4S/c1-15(2)13-29-22(26)19(23(31)28-24(29)32)18(30)14-34-25-27-20(16-9-5-3-6-10-16)21(33-25)17-11-7-4-8-12-17/h3-12,15H,13-14,26H2,1-2H3,(H,28,31,32). The first kappa shape index (κ1) is 23.3. The average Bonchev–Trinajstić information content (AvgIpc) is 3.26. The lowest BCUT2D eigenvalue weighted by Crippen LogP contribution is -2.37. The maximum Gasteiger partial charge on any atom is 0.329 e. The Morgan fingerprint density at radius 1 is 1.06 bits per heavy atom. The maximum atomic E-state index is 12.9. The summed E-state index contributed by atoms with van der Waals surface area (Å²) in [5.74, 6) is -0.0822. The van der Waals surface area contributed by atoms with Crippen molar-refractivity contribution in [2.45, 2.75) is 25.6 Å². The molecule has 0 atom stereocenters. The highest BCUT2D eigenvalue weighted by molar-refractivity contribution is 7.99. The highest BCUT2D eigenvalue weighted by atomic mass is 32.2. The van der Waals surface area contributed by atoms with Crippen molar-refractivity contribution in [2.24, 2.45) is 5.92 Å². The van der Waals surface area contributed by atoms with Gasteiger partial charge in [0, 0.05) is 17.7 Å². The van der Waals surface area contributed by atoms with Crippen molar-refractivity contribution in [1.29, 1.82) is 0 Å². The number of nitrogens with two attached hydrogens (primary N) is 1. The predicted octanol–water partition coefficient (Wildman–Crippen LogP) is 4.07. The van der Waals surface area contributed by atoms with Crippen LogP contribution >= 0.6 is 11.8 Å². The van der Waals surface area contributed by atoms with E-state index < -0.39 is 17.0 Å². The van der Waals surface area contributed by atoms with Crippen molar-refractivity contribution >= 4 is 23.4 Å². The van der Waals surface area contributed by atoms with Crippen LogP contribution in [-0.4, -0.2) is 26.1 Å². The van der Waals surface area contributed by atoms with E-state index in [4.69, 9.17) is 10.2 Å². The Labute approximate surface area is 199 Å². The van der Waals surface area contributed by atoms with Crippen molar-refractivity contribution in [3.8, 4) is 22.6 Å². The Bertz CT molecular complexity index is 1370. The van der Waals surface area contributed by atoms with Crippen LogP contribution in [0.15, 0.2) is 79.9 Å². The average molecular weight is 477 g/mol. The smallest absolute Gasteiger partial charge is 0.329 e. The number of benzene rings is 2. The van der Waals surface area contributed by atoms with E-state index in [0.29, 0.717) is 11.5 Å². The lowest BCUT2D eigenvalue weighted by Gasteiger charge is -2.13. The molecule has 0 aliphatic heterocycles. The number of hydrogen-bond acceptors (Lipinski definition) is 7. The van der Waals surface area contributed by atoms with Gasteiger partial charge in [-0.1, -0.05) is 86.3 Å². The van der Waals surface area contributed by atoms with Crippen LogP contribution in [0.5, 0.6) is 0 Å². The molecule has 0 saturated carbocycles. The Kier molecular flexibility index (Phi) is 6.83. The second-order valence-electron chi connectivity index (χ2n) is 8.13. The summed E-state index contributed by atoms with van der Waals surface area (Å²) in [5.41, 5.74) is 6.79. The van der Waals surface area contributed by atoms with Crippen molar-refractivity contribution in [3.05, 3.63) is 87.1 Å². The number of oxazole rings is 1. The molecule has 0 bridgehead atoms. The number of anilines is 1.